The second-order valence-corrected chi connectivity index (χ2v) is 4.40. The van der Waals surface area contributed by atoms with Crippen LogP contribution in [0.1, 0.15) is 25.2 Å². The van der Waals surface area contributed by atoms with Gasteiger partial charge in [-0.3, -0.25) is 14.3 Å². The van der Waals surface area contributed by atoms with Crippen molar-refractivity contribution in [2.45, 2.75) is 33.7 Å². The molecule has 0 aliphatic rings. The maximum absolute atomic E-state index is 11.7. The molecule has 1 N–H and O–H groups in total. The summed E-state index contributed by atoms with van der Waals surface area (Å²) in [5.74, 6) is -1.95. The van der Waals surface area contributed by atoms with E-state index < -0.39 is 17.4 Å². The number of carboxylic acids is 1. The van der Waals surface area contributed by atoms with Crippen LogP contribution in [-0.2, 0) is 27.3 Å². The van der Waals surface area contributed by atoms with Crippen molar-refractivity contribution < 1.29 is 19.4 Å². The predicted molar refractivity (Wildman–Crippen MR) is 64.1 cm³/mol. The molecule has 0 fully saturated rings. The summed E-state index contributed by atoms with van der Waals surface area (Å²) in [6.07, 6.45) is 0.0592. The van der Waals surface area contributed by atoms with Crippen molar-refractivity contribution >= 4 is 11.9 Å². The molecule has 6 nitrogen and oxygen atoms in total. The van der Waals surface area contributed by atoms with E-state index in [-0.39, 0.29) is 6.42 Å². The summed E-state index contributed by atoms with van der Waals surface area (Å²) >= 11 is 0. The zero-order chi connectivity index (χ0) is 13.9. The molecule has 0 aromatic carbocycles. The van der Waals surface area contributed by atoms with Crippen LogP contribution in [0.2, 0.25) is 0 Å². The maximum atomic E-state index is 11.7. The Balaban J connectivity index is 3.11. The Bertz CT molecular complexity index is 467. The van der Waals surface area contributed by atoms with Crippen molar-refractivity contribution in [2.24, 2.45) is 5.41 Å². The fourth-order valence-electron chi connectivity index (χ4n) is 1.84. The highest BCUT2D eigenvalue weighted by atomic mass is 16.5. The molecule has 100 valence electrons. The van der Waals surface area contributed by atoms with Gasteiger partial charge in [-0.15, -0.1) is 0 Å². The summed E-state index contributed by atoms with van der Waals surface area (Å²) in [4.78, 5) is 23.0. The van der Waals surface area contributed by atoms with E-state index in [9.17, 15) is 14.7 Å². The van der Waals surface area contributed by atoms with E-state index in [1.807, 2.05) is 13.8 Å². The Hall–Kier alpha value is -1.85. The topological polar surface area (TPSA) is 81.4 Å². The first kappa shape index (κ1) is 14.2. The first-order chi connectivity index (χ1) is 8.35. The van der Waals surface area contributed by atoms with Crippen molar-refractivity contribution in [3.05, 3.63) is 17.5 Å². The van der Waals surface area contributed by atoms with Crippen LogP contribution in [0.4, 0.5) is 0 Å². The molecule has 1 unspecified atom stereocenters. The molecule has 18 heavy (non-hydrogen) atoms. The number of hydrogen-bond donors (Lipinski definition) is 1. The number of aryl methyl sites for hydroxylation is 2. The minimum Gasteiger partial charge on any atom is -0.480 e. The van der Waals surface area contributed by atoms with Crippen LogP contribution in [0, 0.1) is 12.3 Å². The third kappa shape index (κ3) is 2.52. The van der Waals surface area contributed by atoms with Gasteiger partial charge >= 0.3 is 11.9 Å². The fraction of sp³-hybridized carbons (Fsp3) is 0.583. The van der Waals surface area contributed by atoms with Gasteiger partial charge in [-0.2, -0.15) is 5.10 Å². The number of aromatic nitrogens is 2. The van der Waals surface area contributed by atoms with Gasteiger partial charge in [-0.1, -0.05) is 0 Å². The van der Waals surface area contributed by atoms with Crippen LogP contribution >= 0.6 is 0 Å². The second-order valence-electron chi connectivity index (χ2n) is 4.40. The lowest BCUT2D eigenvalue weighted by Crippen LogP contribution is -2.40. The molecule has 0 saturated heterocycles. The van der Waals surface area contributed by atoms with E-state index >= 15 is 0 Å². The molecule has 0 bridgehead atoms. The lowest BCUT2D eigenvalue weighted by atomic mass is 9.85. The van der Waals surface area contributed by atoms with E-state index in [1.165, 1.54) is 14.0 Å². The number of aliphatic carboxylic acids is 1. The molecule has 1 rings (SSSR count). The monoisotopic (exact) mass is 254 g/mol. The third-order valence-corrected chi connectivity index (χ3v) is 2.93. The van der Waals surface area contributed by atoms with Crippen molar-refractivity contribution in [3.63, 3.8) is 0 Å². The van der Waals surface area contributed by atoms with E-state index in [0.717, 1.165) is 5.69 Å². The molecule has 0 spiro atoms. The summed E-state index contributed by atoms with van der Waals surface area (Å²) in [5, 5.41) is 13.5. The molecule has 0 amide bonds. The molecule has 1 aromatic rings. The number of nitrogens with zero attached hydrogens (tertiary/aromatic N) is 2. The number of carboxylic acid groups (broad SMARTS) is 1. The molecule has 0 aliphatic carbocycles. The lowest BCUT2D eigenvalue weighted by molar-refractivity contribution is -0.165. The number of carbonyl (C=O) groups is 2. The number of rotatable bonds is 5. The van der Waals surface area contributed by atoms with Crippen LogP contribution in [0.5, 0.6) is 0 Å². The summed E-state index contributed by atoms with van der Waals surface area (Å²) in [5.41, 5.74) is -0.0801. The number of hydrogen-bond acceptors (Lipinski definition) is 4. The summed E-state index contributed by atoms with van der Waals surface area (Å²) in [6, 6.07) is 1.79. The molecule has 6 heteroatoms. The Kier molecular flexibility index (Phi) is 4.11. The van der Waals surface area contributed by atoms with Gasteiger partial charge in [0.25, 0.3) is 0 Å². The average molecular weight is 254 g/mol. The molecular weight excluding hydrogens is 236 g/mol. The van der Waals surface area contributed by atoms with Crippen LogP contribution in [-0.4, -0.2) is 33.9 Å². The Morgan fingerprint density at radius 2 is 2.17 bits per heavy atom. The number of esters is 1. The number of ether oxygens (including phenoxy) is 1. The average Bonchev–Trinajstić information content (AvgIpc) is 2.67. The highest BCUT2D eigenvalue weighted by molar-refractivity contribution is 5.98. The quantitative estimate of drug-likeness (QED) is 0.626. The Morgan fingerprint density at radius 3 is 2.61 bits per heavy atom. The lowest BCUT2D eigenvalue weighted by Gasteiger charge is -2.21. The first-order valence-corrected chi connectivity index (χ1v) is 5.70. The van der Waals surface area contributed by atoms with Crippen molar-refractivity contribution in [1.82, 2.24) is 9.78 Å². The summed E-state index contributed by atoms with van der Waals surface area (Å²) in [7, 11) is 1.19. The van der Waals surface area contributed by atoms with Crippen molar-refractivity contribution in [3.8, 4) is 0 Å². The summed E-state index contributed by atoms with van der Waals surface area (Å²) in [6.45, 7) is 5.72. The molecule has 0 aliphatic heterocycles. The predicted octanol–water partition coefficient (Wildman–Crippen LogP) is 1.02. The molecule has 0 saturated carbocycles. The smallest absolute Gasteiger partial charge is 0.323 e. The zero-order valence-corrected chi connectivity index (χ0v) is 11.1. The Labute approximate surface area is 106 Å². The van der Waals surface area contributed by atoms with Gasteiger partial charge in [-0.05, 0) is 26.8 Å². The highest BCUT2D eigenvalue weighted by Gasteiger charge is 2.43. The maximum Gasteiger partial charge on any atom is 0.323 e. The van der Waals surface area contributed by atoms with Gasteiger partial charge in [0.05, 0.1) is 12.8 Å². The van der Waals surface area contributed by atoms with Crippen LogP contribution < -0.4 is 0 Å². The van der Waals surface area contributed by atoms with E-state index in [2.05, 4.69) is 9.84 Å². The third-order valence-electron chi connectivity index (χ3n) is 2.93. The minimum atomic E-state index is -1.59. The molecule has 0 radical (unpaired) electrons. The van der Waals surface area contributed by atoms with Crippen LogP contribution in [0.15, 0.2) is 6.07 Å². The van der Waals surface area contributed by atoms with Crippen molar-refractivity contribution in [2.75, 3.05) is 7.11 Å². The molecular formula is C12H18N2O4. The summed E-state index contributed by atoms with van der Waals surface area (Å²) < 4.78 is 6.27. The molecule has 1 aromatic heterocycles. The highest BCUT2D eigenvalue weighted by Crippen LogP contribution is 2.25. The van der Waals surface area contributed by atoms with E-state index in [0.29, 0.717) is 12.2 Å². The van der Waals surface area contributed by atoms with Gasteiger partial charge in [0.1, 0.15) is 0 Å². The van der Waals surface area contributed by atoms with Gasteiger partial charge in [0.2, 0.25) is 0 Å². The van der Waals surface area contributed by atoms with Gasteiger partial charge in [0.15, 0.2) is 5.41 Å². The number of methoxy groups -OCH3 is 1. The largest absolute Gasteiger partial charge is 0.480 e. The Morgan fingerprint density at radius 1 is 1.56 bits per heavy atom. The normalized spacial score (nSPS) is 14.0. The van der Waals surface area contributed by atoms with Crippen LogP contribution in [0.3, 0.4) is 0 Å². The molecule has 1 atom stereocenters. The van der Waals surface area contributed by atoms with Gasteiger partial charge < -0.3 is 9.84 Å². The van der Waals surface area contributed by atoms with E-state index in [1.54, 1.807) is 10.7 Å². The first-order valence-electron chi connectivity index (χ1n) is 5.70. The fourth-order valence-corrected chi connectivity index (χ4v) is 1.84. The number of carbonyl (C=O) groups excluding carboxylic acids is 1. The standard InChI is InChI=1S/C12H18N2O4/c1-5-14-9(6-8(2)13-14)7-12(3,10(15)16)11(17)18-4/h6H,5,7H2,1-4H3,(H,15,16). The van der Waals surface area contributed by atoms with Crippen LogP contribution in [0.25, 0.3) is 0 Å². The second kappa shape index (κ2) is 5.20. The molecule has 1 heterocycles. The van der Waals surface area contributed by atoms with Gasteiger partial charge in [0, 0.05) is 18.7 Å². The zero-order valence-electron chi connectivity index (χ0n) is 11.1. The SMILES string of the molecule is CCn1nc(C)cc1CC(C)(C(=O)O)C(=O)OC. The minimum absolute atomic E-state index is 0.0592. The van der Waals surface area contributed by atoms with Gasteiger partial charge in [-0.25, -0.2) is 0 Å². The van der Waals surface area contributed by atoms with E-state index in [4.69, 9.17) is 0 Å². The van der Waals surface area contributed by atoms with Crippen molar-refractivity contribution in [1.29, 1.82) is 0 Å².